The highest BCUT2D eigenvalue weighted by Gasteiger charge is 2.20. The van der Waals surface area contributed by atoms with Gasteiger partial charge < -0.3 is 9.42 Å². The van der Waals surface area contributed by atoms with Crippen LogP contribution in [0.4, 0.5) is 0 Å². The van der Waals surface area contributed by atoms with Crippen molar-refractivity contribution in [2.75, 3.05) is 19.6 Å². The van der Waals surface area contributed by atoms with Gasteiger partial charge in [-0.25, -0.2) is 0 Å². The highest BCUT2D eigenvalue weighted by molar-refractivity contribution is 5.76. The van der Waals surface area contributed by atoms with Crippen molar-refractivity contribution < 1.29 is 4.52 Å². The zero-order valence-electron chi connectivity index (χ0n) is 16.1. The first-order valence-corrected chi connectivity index (χ1v) is 10.1. The lowest BCUT2D eigenvalue weighted by atomic mass is 9.93. The molecule has 1 saturated heterocycles. The average Bonchev–Trinajstić information content (AvgIpc) is 3.02. The van der Waals surface area contributed by atoms with Crippen LogP contribution >= 0.6 is 0 Å². The number of fused-ring (bicyclic) bond motifs is 1. The molecule has 1 aromatic heterocycles. The van der Waals surface area contributed by atoms with Crippen LogP contribution in [0.2, 0.25) is 0 Å². The van der Waals surface area contributed by atoms with Crippen molar-refractivity contribution in [2.24, 2.45) is 5.92 Å². The van der Waals surface area contributed by atoms with Crippen LogP contribution in [0.25, 0.3) is 11.0 Å². The molecule has 4 rings (SSSR count). The summed E-state index contributed by atoms with van der Waals surface area (Å²) in [6.45, 7) is 6.14. The SMILES string of the molecule is Cc1ccc2on(CCC3CCN(CCc4ccccc4)CC3)c(=O)c2c1. The number of likely N-dealkylation sites (tertiary alicyclic amines) is 1. The third-order valence-corrected chi connectivity index (χ3v) is 5.81. The second-order valence-corrected chi connectivity index (χ2v) is 7.81. The first-order chi connectivity index (χ1) is 13.2. The van der Waals surface area contributed by atoms with E-state index in [0.717, 1.165) is 38.0 Å². The van der Waals surface area contributed by atoms with Crippen LogP contribution in [-0.2, 0) is 13.0 Å². The fraction of sp³-hybridized carbons (Fsp3) is 0.435. The predicted molar refractivity (Wildman–Crippen MR) is 109 cm³/mol. The topological polar surface area (TPSA) is 38.4 Å². The van der Waals surface area contributed by atoms with Crippen LogP contribution in [0, 0.1) is 12.8 Å². The molecule has 4 nitrogen and oxygen atoms in total. The van der Waals surface area contributed by atoms with E-state index in [-0.39, 0.29) is 5.56 Å². The molecule has 0 atom stereocenters. The number of hydrogen-bond donors (Lipinski definition) is 0. The van der Waals surface area contributed by atoms with Crippen molar-refractivity contribution in [3.8, 4) is 0 Å². The van der Waals surface area contributed by atoms with E-state index in [1.54, 1.807) is 4.74 Å². The van der Waals surface area contributed by atoms with Crippen LogP contribution < -0.4 is 5.56 Å². The van der Waals surface area contributed by atoms with E-state index in [1.165, 1.54) is 18.4 Å². The number of benzene rings is 2. The monoisotopic (exact) mass is 364 g/mol. The Morgan fingerprint density at radius 3 is 2.59 bits per heavy atom. The van der Waals surface area contributed by atoms with Crippen molar-refractivity contribution in [1.82, 2.24) is 9.64 Å². The van der Waals surface area contributed by atoms with E-state index >= 15 is 0 Å². The lowest BCUT2D eigenvalue weighted by Crippen LogP contribution is -2.35. The molecule has 2 aromatic carbocycles. The number of nitrogens with zero attached hydrogens (tertiary/aromatic N) is 2. The molecule has 0 radical (unpaired) electrons. The van der Waals surface area contributed by atoms with E-state index in [1.807, 2.05) is 25.1 Å². The first kappa shape index (κ1) is 18.1. The third-order valence-electron chi connectivity index (χ3n) is 5.81. The van der Waals surface area contributed by atoms with Crippen molar-refractivity contribution in [2.45, 2.75) is 39.2 Å². The maximum atomic E-state index is 12.5. The highest BCUT2D eigenvalue weighted by atomic mass is 16.5. The Bertz CT molecular complexity index is 934. The predicted octanol–water partition coefficient (Wildman–Crippen LogP) is 4.25. The Labute approximate surface area is 160 Å². The lowest BCUT2D eigenvalue weighted by molar-refractivity contribution is 0.166. The molecule has 0 amide bonds. The molecule has 0 spiro atoms. The summed E-state index contributed by atoms with van der Waals surface area (Å²) in [5, 5.41) is 0.700. The Balaban J connectivity index is 1.26. The van der Waals surface area contributed by atoms with Gasteiger partial charge >= 0.3 is 0 Å². The van der Waals surface area contributed by atoms with Crippen molar-refractivity contribution >= 4 is 11.0 Å². The molecule has 2 heterocycles. The minimum Gasteiger partial charge on any atom is -0.376 e. The highest BCUT2D eigenvalue weighted by Crippen LogP contribution is 2.22. The molecule has 0 bridgehead atoms. The van der Waals surface area contributed by atoms with E-state index < -0.39 is 0 Å². The summed E-state index contributed by atoms with van der Waals surface area (Å²) < 4.78 is 7.29. The largest absolute Gasteiger partial charge is 0.376 e. The van der Waals surface area contributed by atoms with Crippen molar-refractivity contribution in [3.05, 3.63) is 70.0 Å². The number of hydrogen-bond acceptors (Lipinski definition) is 3. The number of aromatic nitrogens is 1. The molecule has 0 unspecified atom stereocenters. The van der Waals surface area contributed by atoms with E-state index in [2.05, 4.69) is 35.2 Å². The van der Waals surface area contributed by atoms with E-state index in [4.69, 9.17) is 4.52 Å². The fourth-order valence-corrected chi connectivity index (χ4v) is 4.06. The maximum absolute atomic E-state index is 12.5. The van der Waals surface area contributed by atoms with E-state index in [9.17, 15) is 4.79 Å². The molecule has 0 saturated carbocycles. The third kappa shape index (κ3) is 4.33. The van der Waals surface area contributed by atoms with Gasteiger partial charge in [-0.15, -0.1) is 0 Å². The number of rotatable bonds is 6. The summed E-state index contributed by atoms with van der Waals surface area (Å²) in [6.07, 6.45) is 4.57. The first-order valence-electron chi connectivity index (χ1n) is 10.1. The molecule has 142 valence electrons. The summed E-state index contributed by atoms with van der Waals surface area (Å²) >= 11 is 0. The average molecular weight is 364 g/mol. The minimum atomic E-state index is 0.00833. The van der Waals surface area contributed by atoms with Gasteiger partial charge in [-0.3, -0.25) is 4.79 Å². The van der Waals surface area contributed by atoms with Gasteiger partial charge in [0.1, 0.15) is 0 Å². The molecule has 1 fully saturated rings. The van der Waals surface area contributed by atoms with Gasteiger partial charge in [0.15, 0.2) is 5.58 Å². The molecule has 3 aromatic rings. The molecule has 1 aliphatic heterocycles. The minimum absolute atomic E-state index is 0.00833. The molecule has 27 heavy (non-hydrogen) atoms. The fourth-order valence-electron chi connectivity index (χ4n) is 4.06. The molecule has 4 heteroatoms. The Kier molecular flexibility index (Phi) is 5.44. The maximum Gasteiger partial charge on any atom is 0.290 e. The van der Waals surface area contributed by atoms with Crippen LogP contribution in [0.15, 0.2) is 57.8 Å². The normalized spacial score (nSPS) is 16.2. The summed E-state index contributed by atoms with van der Waals surface area (Å²) in [5.74, 6) is 0.680. The lowest BCUT2D eigenvalue weighted by Gasteiger charge is -2.31. The van der Waals surface area contributed by atoms with Crippen LogP contribution in [0.1, 0.15) is 30.4 Å². The summed E-state index contributed by atoms with van der Waals surface area (Å²) in [4.78, 5) is 15.1. The van der Waals surface area contributed by atoms with Gasteiger partial charge in [0.25, 0.3) is 5.56 Å². The molecular weight excluding hydrogens is 336 g/mol. The van der Waals surface area contributed by atoms with Crippen LogP contribution in [0.3, 0.4) is 0 Å². The van der Waals surface area contributed by atoms with Crippen molar-refractivity contribution in [1.29, 1.82) is 0 Å². The number of aryl methyl sites for hydroxylation is 2. The molecule has 0 N–H and O–H groups in total. The second kappa shape index (κ2) is 8.13. The van der Waals surface area contributed by atoms with Gasteiger partial charge in [0.05, 0.1) is 11.9 Å². The molecule has 0 aliphatic carbocycles. The van der Waals surface area contributed by atoms with Gasteiger partial charge in [-0.1, -0.05) is 42.0 Å². The second-order valence-electron chi connectivity index (χ2n) is 7.81. The van der Waals surface area contributed by atoms with Gasteiger partial charge in [0.2, 0.25) is 0 Å². The Morgan fingerprint density at radius 2 is 1.81 bits per heavy atom. The smallest absolute Gasteiger partial charge is 0.290 e. The van der Waals surface area contributed by atoms with Crippen LogP contribution in [-0.4, -0.2) is 29.3 Å². The van der Waals surface area contributed by atoms with E-state index in [0.29, 0.717) is 23.4 Å². The number of piperidine rings is 1. The summed E-state index contributed by atoms with van der Waals surface area (Å²) in [6, 6.07) is 16.5. The zero-order valence-corrected chi connectivity index (χ0v) is 16.1. The Morgan fingerprint density at radius 1 is 1.04 bits per heavy atom. The quantitative estimate of drug-likeness (QED) is 0.656. The standard InChI is InChI=1S/C23H28N2O2/c1-18-7-8-22-21(17-18)23(26)25(27-22)16-12-20-10-14-24(15-11-20)13-9-19-5-3-2-4-6-19/h2-8,17,20H,9-16H2,1H3. The van der Waals surface area contributed by atoms with Gasteiger partial charge in [0, 0.05) is 6.54 Å². The van der Waals surface area contributed by atoms with Gasteiger partial charge in [-0.05, 0) is 69.3 Å². The summed E-state index contributed by atoms with van der Waals surface area (Å²) in [5.41, 5.74) is 3.21. The summed E-state index contributed by atoms with van der Waals surface area (Å²) in [7, 11) is 0. The Hall–Kier alpha value is -2.33. The zero-order chi connectivity index (χ0) is 18.6. The molecular formula is C23H28N2O2. The molecule has 1 aliphatic rings. The van der Waals surface area contributed by atoms with Gasteiger partial charge in [-0.2, -0.15) is 4.74 Å². The van der Waals surface area contributed by atoms with Crippen molar-refractivity contribution in [3.63, 3.8) is 0 Å². The van der Waals surface area contributed by atoms with Crippen LogP contribution in [0.5, 0.6) is 0 Å².